The van der Waals surface area contributed by atoms with Gasteiger partial charge < -0.3 is 9.73 Å². The Morgan fingerprint density at radius 2 is 1.09 bits per heavy atom. The molecule has 0 spiro atoms. The van der Waals surface area contributed by atoms with Crippen LogP contribution in [-0.4, -0.2) is 11.7 Å². The Balaban J connectivity index is 1.12. The number of fused-ring (bicyclic) bond motifs is 6. The maximum Gasteiger partial charge on any atom is 0.159 e. The summed E-state index contributed by atoms with van der Waals surface area (Å²) in [6.45, 7) is 0. The molecule has 0 bridgehead atoms. The number of hydrogen-bond acceptors (Lipinski definition) is 5. The highest BCUT2D eigenvalue weighted by atomic mass is 32.1. The Kier molecular flexibility index (Phi) is 7.71. The smallest absolute Gasteiger partial charge is 0.159 e. The van der Waals surface area contributed by atoms with E-state index in [9.17, 15) is 0 Å². The predicted octanol–water partition coefficient (Wildman–Crippen LogP) is 13.5. The van der Waals surface area contributed by atoms with Crippen LogP contribution in [0.3, 0.4) is 0 Å². The van der Waals surface area contributed by atoms with E-state index in [0.29, 0.717) is 5.84 Å². The second kappa shape index (κ2) is 13.3. The van der Waals surface area contributed by atoms with Crippen molar-refractivity contribution in [2.45, 2.75) is 6.17 Å². The fourth-order valence-corrected chi connectivity index (χ4v) is 9.22. The zero-order chi connectivity index (χ0) is 37.0. The van der Waals surface area contributed by atoms with Gasteiger partial charge in [0.25, 0.3) is 0 Å². The van der Waals surface area contributed by atoms with Crippen LogP contribution in [0.5, 0.6) is 0 Å². The third-order valence-electron chi connectivity index (χ3n) is 10.7. The van der Waals surface area contributed by atoms with Gasteiger partial charge in [-0.1, -0.05) is 146 Å². The Morgan fingerprint density at radius 3 is 1.91 bits per heavy atom. The fourth-order valence-electron chi connectivity index (χ4n) is 8.09. The number of para-hydroxylation sites is 1. The predicted molar refractivity (Wildman–Crippen MR) is 235 cm³/mol. The van der Waals surface area contributed by atoms with Crippen molar-refractivity contribution in [2.24, 2.45) is 9.98 Å². The van der Waals surface area contributed by atoms with E-state index in [4.69, 9.17) is 14.4 Å². The highest BCUT2D eigenvalue weighted by molar-refractivity contribution is 7.25. The SMILES string of the molecule is c1ccc(-c2cccc(C3=NC(c4cccc(-c5ccccc5)c4)NC(c4cc(-c5cccc6sc7ccccc7c56)c5c(c4)oc4ccccc45)=N3)c2)cc1. The van der Waals surface area contributed by atoms with Crippen molar-refractivity contribution >= 4 is 65.1 Å². The molecule has 0 fully saturated rings. The van der Waals surface area contributed by atoms with Gasteiger partial charge in [-0.2, -0.15) is 0 Å². The largest absolute Gasteiger partial charge is 0.456 e. The average molecular weight is 736 g/mol. The Morgan fingerprint density at radius 1 is 0.446 bits per heavy atom. The summed E-state index contributed by atoms with van der Waals surface area (Å²) in [6.07, 6.45) is -0.388. The van der Waals surface area contributed by atoms with E-state index >= 15 is 0 Å². The number of nitrogens with zero attached hydrogens (tertiary/aromatic N) is 2. The molecule has 264 valence electrons. The summed E-state index contributed by atoms with van der Waals surface area (Å²) in [5, 5.41) is 8.48. The Hall–Kier alpha value is -7.08. The molecule has 10 aromatic rings. The molecule has 0 radical (unpaired) electrons. The summed E-state index contributed by atoms with van der Waals surface area (Å²) >= 11 is 1.83. The number of furan rings is 1. The van der Waals surface area contributed by atoms with Crippen LogP contribution in [0.25, 0.3) is 75.5 Å². The maximum absolute atomic E-state index is 6.67. The molecule has 11 rings (SSSR count). The lowest BCUT2D eigenvalue weighted by Gasteiger charge is -2.24. The van der Waals surface area contributed by atoms with Gasteiger partial charge in [-0.15, -0.1) is 11.3 Å². The molecule has 0 saturated heterocycles. The first-order valence-corrected chi connectivity index (χ1v) is 19.7. The van der Waals surface area contributed by atoms with E-state index in [1.165, 1.54) is 25.7 Å². The minimum Gasteiger partial charge on any atom is -0.456 e. The van der Waals surface area contributed by atoms with Gasteiger partial charge in [0, 0.05) is 42.1 Å². The standard InChI is InChI=1S/C51H33N3OS/c1-3-14-32(15-4-1)34-18-11-20-36(28-34)49-52-50(37-21-12-19-35(29-37)33-16-5-2-6-17-33)54-51(53-49)38-30-42(47-40-22-7-9-25-43(40)55-44(47)31-38)39-24-13-27-46-48(39)41-23-8-10-26-45(41)56-46/h1-31,49H,(H,52,53,54). The molecule has 0 amide bonds. The van der Waals surface area contributed by atoms with Gasteiger partial charge in [0.05, 0.1) is 0 Å². The molecule has 1 aliphatic rings. The topological polar surface area (TPSA) is 49.9 Å². The third-order valence-corrected chi connectivity index (χ3v) is 11.9. The first-order valence-electron chi connectivity index (χ1n) is 18.8. The van der Waals surface area contributed by atoms with Gasteiger partial charge in [0.15, 0.2) is 5.84 Å². The van der Waals surface area contributed by atoms with Gasteiger partial charge in [-0.3, -0.25) is 0 Å². The molecular weight excluding hydrogens is 703 g/mol. The fraction of sp³-hybridized carbons (Fsp3) is 0.0196. The van der Waals surface area contributed by atoms with Crippen molar-refractivity contribution in [3.8, 4) is 33.4 Å². The minimum atomic E-state index is -0.388. The van der Waals surface area contributed by atoms with Gasteiger partial charge in [-0.05, 0) is 81.4 Å². The zero-order valence-electron chi connectivity index (χ0n) is 30.2. The highest BCUT2D eigenvalue weighted by Gasteiger charge is 2.25. The normalized spacial score (nSPS) is 14.2. The zero-order valence-corrected chi connectivity index (χ0v) is 31.0. The average Bonchev–Trinajstić information content (AvgIpc) is 3.85. The molecule has 1 N–H and O–H groups in total. The molecule has 4 nitrogen and oxygen atoms in total. The second-order valence-corrected chi connectivity index (χ2v) is 15.3. The van der Waals surface area contributed by atoms with E-state index in [1.54, 1.807) is 0 Å². The van der Waals surface area contributed by atoms with E-state index in [0.717, 1.165) is 72.3 Å². The van der Waals surface area contributed by atoms with Crippen molar-refractivity contribution in [3.05, 3.63) is 205 Å². The summed E-state index contributed by atoms with van der Waals surface area (Å²) in [4.78, 5) is 10.6. The van der Waals surface area contributed by atoms with E-state index in [1.807, 2.05) is 29.5 Å². The monoisotopic (exact) mass is 735 g/mol. The summed E-state index contributed by atoms with van der Waals surface area (Å²) in [6, 6.07) is 66.2. The Bertz CT molecular complexity index is 3180. The van der Waals surface area contributed by atoms with Crippen molar-refractivity contribution in [1.82, 2.24) is 5.32 Å². The minimum absolute atomic E-state index is 0.388. The molecule has 2 aromatic heterocycles. The van der Waals surface area contributed by atoms with Crippen LogP contribution >= 0.6 is 11.3 Å². The van der Waals surface area contributed by atoms with Crippen LogP contribution in [0.4, 0.5) is 0 Å². The molecule has 0 aliphatic carbocycles. The van der Waals surface area contributed by atoms with E-state index in [2.05, 4.69) is 175 Å². The lowest BCUT2D eigenvalue weighted by Crippen LogP contribution is -2.33. The summed E-state index contributed by atoms with van der Waals surface area (Å²) in [5.41, 5.74) is 11.5. The molecule has 0 saturated carbocycles. The van der Waals surface area contributed by atoms with Gasteiger partial charge in [-0.25, -0.2) is 9.98 Å². The number of rotatable bonds is 6. The van der Waals surface area contributed by atoms with Crippen LogP contribution in [-0.2, 0) is 0 Å². The van der Waals surface area contributed by atoms with Crippen molar-refractivity contribution in [3.63, 3.8) is 0 Å². The molecule has 1 atom stereocenters. The number of aliphatic imine (C=N–C) groups is 2. The van der Waals surface area contributed by atoms with Gasteiger partial charge >= 0.3 is 0 Å². The van der Waals surface area contributed by atoms with Crippen LogP contribution in [0.1, 0.15) is 22.9 Å². The molecule has 1 aliphatic heterocycles. The van der Waals surface area contributed by atoms with Gasteiger partial charge in [0.1, 0.15) is 23.2 Å². The van der Waals surface area contributed by atoms with Crippen molar-refractivity contribution in [1.29, 1.82) is 0 Å². The first-order chi connectivity index (χ1) is 27.7. The molecular formula is C51H33N3OS. The van der Waals surface area contributed by atoms with E-state index in [-0.39, 0.29) is 6.17 Å². The number of thiophene rings is 1. The van der Waals surface area contributed by atoms with Crippen molar-refractivity contribution in [2.75, 3.05) is 0 Å². The molecule has 5 heteroatoms. The molecule has 1 unspecified atom stereocenters. The second-order valence-electron chi connectivity index (χ2n) is 14.2. The molecule has 8 aromatic carbocycles. The molecule has 56 heavy (non-hydrogen) atoms. The number of hydrogen-bond donors (Lipinski definition) is 1. The lowest BCUT2D eigenvalue weighted by molar-refractivity contribution is 0.666. The first kappa shape index (κ1) is 32.4. The van der Waals surface area contributed by atoms with Crippen LogP contribution in [0.2, 0.25) is 0 Å². The summed E-state index contributed by atoms with van der Waals surface area (Å²) in [7, 11) is 0. The number of amidine groups is 2. The van der Waals surface area contributed by atoms with Gasteiger partial charge in [0.2, 0.25) is 0 Å². The summed E-state index contributed by atoms with van der Waals surface area (Å²) < 4.78 is 9.20. The van der Waals surface area contributed by atoms with Crippen LogP contribution in [0.15, 0.2) is 202 Å². The third kappa shape index (κ3) is 5.60. The van der Waals surface area contributed by atoms with Crippen molar-refractivity contribution < 1.29 is 4.42 Å². The quantitative estimate of drug-likeness (QED) is 0.185. The van der Waals surface area contributed by atoms with Crippen LogP contribution < -0.4 is 5.32 Å². The lowest BCUT2D eigenvalue weighted by atomic mass is 9.93. The maximum atomic E-state index is 6.67. The van der Waals surface area contributed by atoms with E-state index < -0.39 is 0 Å². The molecule has 3 heterocycles. The number of benzene rings is 8. The number of nitrogens with one attached hydrogen (secondary N) is 1. The van der Waals surface area contributed by atoms with Crippen LogP contribution in [0, 0.1) is 0 Å². The Labute approximate surface area is 327 Å². The highest BCUT2D eigenvalue weighted by Crippen LogP contribution is 2.44. The summed E-state index contributed by atoms with van der Waals surface area (Å²) in [5.74, 6) is 1.41.